The minimum absolute atomic E-state index is 0.0195. The lowest BCUT2D eigenvalue weighted by atomic mass is 9.72. The molecule has 0 N–H and O–H groups in total. The minimum Gasteiger partial charge on any atom is -0.266 e. The first kappa shape index (κ1) is 11.5. The summed E-state index contributed by atoms with van der Waals surface area (Å²) in [6.45, 7) is 1.66. The fourth-order valence-electron chi connectivity index (χ4n) is 5.32. The van der Waals surface area contributed by atoms with Gasteiger partial charge in [-0.3, -0.25) is 4.18 Å². The smallest absolute Gasteiger partial charge is 0.266 e. The van der Waals surface area contributed by atoms with Gasteiger partial charge in [0.1, 0.15) is 0 Å². The number of rotatable bonds is 3. The van der Waals surface area contributed by atoms with Crippen molar-refractivity contribution >= 4 is 10.1 Å². The molecule has 4 aliphatic rings. The van der Waals surface area contributed by atoms with Crippen molar-refractivity contribution in [3.8, 4) is 0 Å². The van der Waals surface area contributed by atoms with E-state index in [0.717, 1.165) is 30.1 Å². The van der Waals surface area contributed by atoms with Gasteiger partial charge in [0.15, 0.2) is 0 Å². The van der Waals surface area contributed by atoms with Crippen LogP contribution in [-0.4, -0.2) is 20.3 Å². The van der Waals surface area contributed by atoms with Crippen LogP contribution in [0.1, 0.15) is 26.2 Å². The quantitative estimate of drug-likeness (QED) is 0.448. The van der Waals surface area contributed by atoms with Crippen LogP contribution in [0.5, 0.6) is 0 Å². The molecule has 0 saturated heterocycles. The van der Waals surface area contributed by atoms with Crippen LogP contribution in [0.25, 0.3) is 0 Å². The zero-order valence-corrected chi connectivity index (χ0v) is 11.5. The second-order valence-electron chi connectivity index (χ2n) is 6.48. The molecule has 0 aromatic heterocycles. The normalized spacial score (nSPS) is 52.2. The maximum atomic E-state index is 11.6. The van der Waals surface area contributed by atoms with Gasteiger partial charge in [0, 0.05) is 0 Å². The zero-order valence-electron chi connectivity index (χ0n) is 10.7. The topological polar surface area (TPSA) is 43.4 Å². The van der Waals surface area contributed by atoms with Crippen molar-refractivity contribution in [1.82, 2.24) is 0 Å². The fraction of sp³-hybridized carbons (Fsp3) is 0.857. The Morgan fingerprint density at radius 3 is 2.56 bits per heavy atom. The van der Waals surface area contributed by atoms with Gasteiger partial charge in [-0.05, 0) is 61.7 Å². The van der Waals surface area contributed by atoms with Crippen molar-refractivity contribution in [2.24, 2.45) is 35.5 Å². The van der Waals surface area contributed by atoms with E-state index in [9.17, 15) is 8.42 Å². The first-order valence-corrected chi connectivity index (χ1v) is 8.76. The van der Waals surface area contributed by atoms with Crippen molar-refractivity contribution < 1.29 is 12.6 Å². The second-order valence-corrected chi connectivity index (χ2v) is 8.36. The van der Waals surface area contributed by atoms with Gasteiger partial charge in [-0.1, -0.05) is 12.2 Å². The first-order chi connectivity index (χ1) is 8.59. The van der Waals surface area contributed by atoms with Crippen molar-refractivity contribution in [2.75, 3.05) is 5.75 Å². The maximum absolute atomic E-state index is 11.6. The summed E-state index contributed by atoms with van der Waals surface area (Å²) in [5, 5.41) is 0. The molecule has 0 spiro atoms. The summed E-state index contributed by atoms with van der Waals surface area (Å²) in [5.41, 5.74) is 0. The molecule has 4 bridgehead atoms. The van der Waals surface area contributed by atoms with Gasteiger partial charge in [-0.25, -0.2) is 0 Å². The average Bonchev–Trinajstić information content (AvgIpc) is 3.06. The molecule has 0 heterocycles. The van der Waals surface area contributed by atoms with E-state index in [-0.39, 0.29) is 11.9 Å². The van der Waals surface area contributed by atoms with Crippen LogP contribution >= 0.6 is 0 Å². The number of hydrogen-bond donors (Lipinski definition) is 0. The van der Waals surface area contributed by atoms with Gasteiger partial charge >= 0.3 is 0 Å². The van der Waals surface area contributed by atoms with E-state index in [1.54, 1.807) is 6.92 Å². The van der Waals surface area contributed by atoms with Gasteiger partial charge in [0.25, 0.3) is 10.1 Å². The molecule has 7 unspecified atom stereocenters. The molecule has 4 heteroatoms. The largest absolute Gasteiger partial charge is 0.267 e. The Kier molecular flexibility index (Phi) is 2.30. The van der Waals surface area contributed by atoms with E-state index in [1.165, 1.54) is 12.8 Å². The Bertz CT molecular complexity index is 495. The van der Waals surface area contributed by atoms with E-state index in [2.05, 4.69) is 12.2 Å². The van der Waals surface area contributed by atoms with Gasteiger partial charge < -0.3 is 0 Å². The molecule has 0 aliphatic heterocycles. The summed E-state index contributed by atoms with van der Waals surface area (Å²) < 4.78 is 28.7. The van der Waals surface area contributed by atoms with Crippen molar-refractivity contribution in [2.45, 2.75) is 32.3 Å². The Labute approximate surface area is 109 Å². The number of allylic oxidation sites excluding steroid dienone is 2. The van der Waals surface area contributed by atoms with Crippen molar-refractivity contribution in [3.05, 3.63) is 12.2 Å². The van der Waals surface area contributed by atoms with Gasteiger partial charge in [-0.2, -0.15) is 8.42 Å². The van der Waals surface area contributed by atoms with Crippen LogP contribution in [0.2, 0.25) is 0 Å². The van der Waals surface area contributed by atoms with Crippen molar-refractivity contribution in [3.63, 3.8) is 0 Å². The molecule has 4 rings (SSSR count). The third kappa shape index (κ3) is 1.42. The summed E-state index contributed by atoms with van der Waals surface area (Å²) in [7, 11) is -3.29. The Morgan fingerprint density at radius 2 is 1.83 bits per heavy atom. The summed E-state index contributed by atoms with van der Waals surface area (Å²) >= 11 is 0. The predicted molar refractivity (Wildman–Crippen MR) is 68.3 cm³/mol. The molecular weight excluding hydrogens is 248 g/mol. The van der Waals surface area contributed by atoms with E-state index >= 15 is 0 Å². The lowest BCUT2D eigenvalue weighted by Gasteiger charge is -2.36. The maximum Gasteiger partial charge on any atom is 0.267 e. The lowest BCUT2D eigenvalue weighted by molar-refractivity contribution is 0.0714. The standard InChI is InChI=1S/C14H20O3S/c1-2-18(15,16)17-12-7-10-6-11(12)14-9-4-3-8(5-9)13(10)14/h3-4,8-14H,2,5-7H2,1H3. The molecule has 0 aromatic carbocycles. The Hall–Kier alpha value is -0.350. The molecule has 0 radical (unpaired) electrons. The molecule has 100 valence electrons. The van der Waals surface area contributed by atoms with Crippen LogP contribution in [-0.2, 0) is 14.3 Å². The second kappa shape index (κ2) is 3.60. The van der Waals surface area contributed by atoms with Crippen LogP contribution in [0, 0.1) is 35.5 Å². The number of hydrogen-bond acceptors (Lipinski definition) is 3. The molecule has 0 aromatic rings. The predicted octanol–water partition coefficient (Wildman–Crippen LogP) is 2.20. The van der Waals surface area contributed by atoms with Crippen LogP contribution in [0.3, 0.4) is 0 Å². The molecular formula is C14H20O3S. The summed E-state index contributed by atoms with van der Waals surface area (Å²) in [4.78, 5) is 0. The molecule has 3 fully saturated rings. The fourth-order valence-corrected chi connectivity index (χ4v) is 6.06. The minimum atomic E-state index is -3.29. The lowest BCUT2D eigenvalue weighted by Crippen LogP contribution is -2.36. The highest BCUT2D eigenvalue weighted by molar-refractivity contribution is 7.86. The van der Waals surface area contributed by atoms with Crippen molar-refractivity contribution in [1.29, 1.82) is 0 Å². The van der Waals surface area contributed by atoms with Crippen LogP contribution in [0.4, 0.5) is 0 Å². The van der Waals surface area contributed by atoms with Crippen LogP contribution < -0.4 is 0 Å². The highest BCUT2D eigenvalue weighted by Crippen LogP contribution is 2.65. The molecule has 3 saturated carbocycles. The van der Waals surface area contributed by atoms with E-state index in [0.29, 0.717) is 11.8 Å². The monoisotopic (exact) mass is 268 g/mol. The molecule has 18 heavy (non-hydrogen) atoms. The van der Waals surface area contributed by atoms with E-state index in [4.69, 9.17) is 4.18 Å². The van der Waals surface area contributed by atoms with Gasteiger partial charge in [-0.15, -0.1) is 0 Å². The van der Waals surface area contributed by atoms with Gasteiger partial charge in [0.05, 0.1) is 11.9 Å². The molecule has 4 aliphatic carbocycles. The third-order valence-electron chi connectivity index (χ3n) is 5.83. The number of fused-ring (bicyclic) bond motifs is 9. The van der Waals surface area contributed by atoms with Crippen LogP contribution in [0.15, 0.2) is 12.2 Å². The summed E-state index contributed by atoms with van der Waals surface area (Å²) in [6, 6.07) is 0. The van der Waals surface area contributed by atoms with E-state index < -0.39 is 10.1 Å². The zero-order chi connectivity index (χ0) is 12.5. The average molecular weight is 268 g/mol. The molecule has 0 amide bonds. The summed E-state index contributed by atoms with van der Waals surface area (Å²) in [6.07, 6.45) is 8.25. The summed E-state index contributed by atoms with van der Waals surface area (Å²) in [5.74, 6) is 4.38. The highest BCUT2D eigenvalue weighted by atomic mass is 32.2. The first-order valence-electron chi connectivity index (χ1n) is 7.18. The molecule has 3 nitrogen and oxygen atoms in total. The Morgan fingerprint density at radius 1 is 1.11 bits per heavy atom. The Balaban J connectivity index is 1.57. The SMILES string of the molecule is CCS(=O)(=O)OC1CC2CC1C1C3C=CC(C3)C21. The highest BCUT2D eigenvalue weighted by Gasteiger charge is 2.61. The molecule has 7 atom stereocenters. The van der Waals surface area contributed by atoms with Gasteiger partial charge in [0.2, 0.25) is 0 Å². The third-order valence-corrected chi connectivity index (χ3v) is 7.08. The van der Waals surface area contributed by atoms with E-state index in [1.807, 2.05) is 0 Å².